The molecule has 1 N–H and O–H groups in total. The maximum absolute atomic E-state index is 11.8. The summed E-state index contributed by atoms with van der Waals surface area (Å²) in [6, 6.07) is 5.02. The minimum Gasteiger partial charge on any atom is -0.385 e. The van der Waals surface area contributed by atoms with Crippen molar-refractivity contribution in [1.82, 2.24) is 0 Å². The molecule has 1 aromatic carbocycles. The van der Waals surface area contributed by atoms with E-state index in [-0.39, 0.29) is 17.0 Å². The number of nitro benzene ring substituents is 1. The second-order valence-electron chi connectivity index (χ2n) is 3.72. The molecule has 0 aromatic heterocycles. The van der Waals surface area contributed by atoms with Gasteiger partial charge in [0.05, 0.1) is 4.92 Å². The Bertz CT molecular complexity index is 570. The van der Waals surface area contributed by atoms with Crippen molar-refractivity contribution in [2.75, 3.05) is 5.75 Å². The molecule has 0 saturated heterocycles. The van der Waals surface area contributed by atoms with Crippen molar-refractivity contribution >= 4 is 47.4 Å². The van der Waals surface area contributed by atoms with Crippen molar-refractivity contribution in [1.29, 1.82) is 0 Å². The van der Waals surface area contributed by atoms with E-state index >= 15 is 0 Å². The Morgan fingerprint density at radius 3 is 2.21 bits per heavy atom. The minimum absolute atomic E-state index is 0.135. The van der Waals surface area contributed by atoms with Crippen LogP contribution < -0.4 is 0 Å². The predicted molar refractivity (Wildman–Crippen MR) is 78.1 cm³/mol. The molecule has 0 fully saturated rings. The second kappa shape index (κ2) is 5.86. The smallest absolute Gasteiger partial charge is 0.269 e. The van der Waals surface area contributed by atoms with E-state index in [1.165, 1.54) is 31.2 Å². The van der Waals surface area contributed by atoms with Crippen LogP contribution in [0.1, 0.15) is 18.6 Å². The lowest BCUT2D eigenvalue weighted by Gasteiger charge is -2.26. The average molecular weight is 417 g/mol. The monoisotopic (exact) mass is 415 g/mol. The lowest BCUT2D eigenvalue weighted by atomic mass is 10.1. The fourth-order valence-corrected chi connectivity index (χ4v) is 4.10. The fraction of sp³-hybridized carbons (Fsp3) is 0.400. The summed E-state index contributed by atoms with van der Waals surface area (Å²) in [5, 5.41) is 20.6. The van der Waals surface area contributed by atoms with Gasteiger partial charge in [-0.3, -0.25) is 10.1 Å². The third-order valence-electron chi connectivity index (χ3n) is 2.53. The Labute approximate surface area is 127 Å². The molecule has 0 unspecified atom stereocenters. The molecule has 19 heavy (non-hydrogen) atoms. The summed E-state index contributed by atoms with van der Waals surface area (Å²) in [6.45, 7) is 1.45. The molecule has 1 aromatic rings. The molecule has 106 valence electrons. The number of aliphatic hydroxyl groups excluding tert-OH is 1. The molecule has 1 atom stereocenters. The van der Waals surface area contributed by atoms with Crippen LogP contribution in [0.5, 0.6) is 0 Å². The van der Waals surface area contributed by atoms with E-state index in [4.69, 9.17) is 0 Å². The highest BCUT2D eigenvalue weighted by atomic mass is 79.9. The van der Waals surface area contributed by atoms with Crippen molar-refractivity contribution in [3.63, 3.8) is 0 Å². The van der Waals surface area contributed by atoms with Crippen molar-refractivity contribution in [3.8, 4) is 0 Å². The van der Waals surface area contributed by atoms with Crippen LogP contribution in [0.2, 0.25) is 0 Å². The normalized spacial score (nSPS) is 14.1. The molecule has 0 amide bonds. The first kappa shape index (κ1) is 16.5. The van der Waals surface area contributed by atoms with E-state index < -0.39 is 23.4 Å². The molecule has 0 saturated carbocycles. The summed E-state index contributed by atoms with van der Waals surface area (Å²) in [4.78, 5) is 9.94. The van der Waals surface area contributed by atoms with Gasteiger partial charge in [0.1, 0.15) is 6.10 Å². The number of nitro groups is 1. The SMILES string of the molecule is CCS(=O)(=O)C(Br)(Br)[C@@H](O)c1ccc([N+](=O)[O-])cc1. The molecule has 0 aliphatic heterocycles. The summed E-state index contributed by atoms with van der Waals surface area (Å²) in [5.74, 6) is -0.173. The van der Waals surface area contributed by atoms with Gasteiger partial charge in [0, 0.05) is 17.9 Å². The Morgan fingerprint density at radius 2 is 1.84 bits per heavy atom. The fourth-order valence-electron chi connectivity index (χ4n) is 1.33. The highest BCUT2D eigenvalue weighted by Gasteiger charge is 2.45. The van der Waals surface area contributed by atoms with Crippen LogP contribution in [0.4, 0.5) is 5.69 Å². The molecular weight excluding hydrogens is 406 g/mol. The predicted octanol–water partition coefficient (Wildman–Crippen LogP) is 2.51. The quantitative estimate of drug-likeness (QED) is 0.451. The third-order valence-corrected chi connectivity index (χ3v) is 8.17. The van der Waals surface area contributed by atoms with Crippen LogP contribution in [0, 0.1) is 10.1 Å². The van der Waals surface area contributed by atoms with Crippen molar-refractivity contribution < 1.29 is 18.4 Å². The standard InChI is InChI=1S/C10H11Br2NO5S/c1-2-19(17,18)10(11,12)9(14)7-3-5-8(6-4-7)13(15)16/h3-6,9,14H,2H2,1H3/t9-/m0/s1. The lowest BCUT2D eigenvalue weighted by Crippen LogP contribution is -2.33. The van der Waals surface area contributed by atoms with Gasteiger partial charge in [0.2, 0.25) is 2.57 Å². The number of benzene rings is 1. The first-order valence-electron chi connectivity index (χ1n) is 5.16. The van der Waals surface area contributed by atoms with E-state index in [0.29, 0.717) is 0 Å². The van der Waals surface area contributed by atoms with Crippen LogP contribution >= 0.6 is 31.9 Å². The first-order valence-corrected chi connectivity index (χ1v) is 8.40. The zero-order valence-electron chi connectivity index (χ0n) is 9.79. The maximum atomic E-state index is 11.8. The maximum Gasteiger partial charge on any atom is 0.269 e. The van der Waals surface area contributed by atoms with E-state index in [1.54, 1.807) is 0 Å². The Morgan fingerprint density at radius 1 is 1.37 bits per heavy atom. The number of sulfone groups is 1. The third kappa shape index (κ3) is 3.33. The topological polar surface area (TPSA) is 97.5 Å². The Hall–Kier alpha value is -0.510. The van der Waals surface area contributed by atoms with Crippen LogP contribution in [0.25, 0.3) is 0 Å². The van der Waals surface area contributed by atoms with E-state index in [0.717, 1.165) is 0 Å². The van der Waals surface area contributed by atoms with Gasteiger partial charge in [-0.05, 0) is 17.7 Å². The van der Waals surface area contributed by atoms with Gasteiger partial charge in [0.15, 0.2) is 9.84 Å². The summed E-state index contributed by atoms with van der Waals surface area (Å²) in [6.07, 6.45) is -1.40. The van der Waals surface area contributed by atoms with Gasteiger partial charge < -0.3 is 5.11 Å². The number of halogens is 2. The van der Waals surface area contributed by atoms with Gasteiger partial charge in [0.25, 0.3) is 5.69 Å². The van der Waals surface area contributed by atoms with Gasteiger partial charge in [-0.1, -0.05) is 38.8 Å². The highest BCUT2D eigenvalue weighted by molar-refractivity contribution is 9.28. The molecule has 0 heterocycles. The zero-order valence-corrected chi connectivity index (χ0v) is 13.8. The number of aliphatic hydroxyl groups is 1. The highest BCUT2D eigenvalue weighted by Crippen LogP contribution is 2.44. The molecule has 0 aliphatic carbocycles. The minimum atomic E-state index is -3.62. The van der Waals surface area contributed by atoms with Crippen LogP contribution in [-0.4, -0.2) is 26.8 Å². The van der Waals surface area contributed by atoms with E-state index in [2.05, 4.69) is 31.9 Å². The molecule has 0 radical (unpaired) electrons. The molecule has 1 rings (SSSR count). The number of rotatable bonds is 5. The summed E-state index contributed by atoms with van der Waals surface area (Å²) >= 11 is 5.92. The molecule has 0 aliphatic rings. The van der Waals surface area contributed by atoms with Gasteiger partial charge in [-0.15, -0.1) is 0 Å². The molecule has 6 nitrogen and oxygen atoms in total. The van der Waals surface area contributed by atoms with Crippen molar-refractivity contribution in [2.24, 2.45) is 0 Å². The van der Waals surface area contributed by atoms with Crippen molar-refractivity contribution in [2.45, 2.75) is 15.6 Å². The zero-order chi connectivity index (χ0) is 14.8. The van der Waals surface area contributed by atoms with Crippen LogP contribution in [0.15, 0.2) is 24.3 Å². The molecule has 9 heteroatoms. The Kier molecular flexibility index (Phi) is 5.10. The summed E-state index contributed by atoms with van der Waals surface area (Å²) in [5.41, 5.74) is 0.111. The number of alkyl halides is 2. The Balaban J connectivity index is 3.13. The van der Waals surface area contributed by atoms with E-state index in [9.17, 15) is 23.6 Å². The average Bonchev–Trinajstić information content (AvgIpc) is 2.37. The second-order valence-corrected chi connectivity index (χ2v) is 10.8. The van der Waals surface area contributed by atoms with Gasteiger partial charge >= 0.3 is 0 Å². The van der Waals surface area contributed by atoms with Crippen molar-refractivity contribution in [3.05, 3.63) is 39.9 Å². The van der Waals surface area contributed by atoms with E-state index in [1.807, 2.05) is 0 Å². The summed E-state index contributed by atoms with van der Waals surface area (Å²) in [7, 11) is -3.62. The summed E-state index contributed by atoms with van der Waals surface area (Å²) < 4.78 is 22.0. The number of hydrogen-bond acceptors (Lipinski definition) is 5. The number of non-ortho nitro benzene ring substituents is 1. The van der Waals surface area contributed by atoms with Crippen LogP contribution in [0.3, 0.4) is 0 Å². The molecule has 0 bridgehead atoms. The van der Waals surface area contributed by atoms with Crippen LogP contribution in [-0.2, 0) is 9.84 Å². The van der Waals surface area contributed by atoms with Gasteiger partial charge in [-0.25, -0.2) is 8.42 Å². The van der Waals surface area contributed by atoms with Gasteiger partial charge in [-0.2, -0.15) is 0 Å². The lowest BCUT2D eigenvalue weighted by molar-refractivity contribution is -0.384. The number of hydrogen-bond donors (Lipinski definition) is 1. The number of nitrogens with zero attached hydrogens (tertiary/aromatic N) is 1. The molecule has 0 spiro atoms. The molecular formula is C10H11Br2NO5S. The largest absolute Gasteiger partial charge is 0.385 e. The first-order chi connectivity index (χ1) is 8.63.